The Morgan fingerprint density at radius 1 is 1.64 bits per heavy atom. The van der Waals surface area contributed by atoms with Gasteiger partial charge in [0.15, 0.2) is 5.78 Å². The summed E-state index contributed by atoms with van der Waals surface area (Å²) in [6.07, 6.45) is 0.164. The van der Waals surface area contributed by atoms with Gasteiger partial charge in [-0.05, 0) is 6.42 Å². The number of hydrogen-bond acceptors (Lipinski definition) is 5. The van der Waals surface area contributed by atoms with E-state index in [-0.39, 0.29) is 24.0 Å². The van der Waals surface area contributed by atoms with E-state index in [1.165, 1.54) is 11.8 Å². The molecule has 1 rings (SSSR count). The summed E-state index contributed by atoms with van der Waals surface area (Å²) >= 11 is 1.52. The number of thioether (sulfide) groups is 1. The first kappa shape index (κ1) is 11.5. The van der Waals surface area contributed by atoms with Crippen molar-refractivity contribution in [3.63, 3.8) is 0 Å². The van der Waals surface area contributed by atoms with Gasteiger partial charge in [0.1, 0.15) is 5.37 Å². The maximum Gasteiger partial charge on any atom is 0.303 e. The second kappa shape index (κ2) is 5.33. The van der Waals surface area contributed by atoms with Crippen molar-refractivity contribution >= 4 is 23.5 Å². The van der Waals surface area contributed by atoms with Gasteiger partial charge in [-0.1, -0.05) is 0 Å². The Morgan fingerprint density at radius 2 is 2.36 bits per heavy atom. The lowest BCUT2D eigenvalue weighted by atomic mass is 10.1. The average Bonchev–Trinajstić information content (AvgIpc) is 2.65. The van der Waals surface area contributed by atoms with Gasteiger partial charge in [0.25, 0.3) is 0 Å². The van der Waals surface area contributed by atoms with Gasteiger partial charge in [0.2, 0.25) is 0 Å². The number of nitrogens with two attached hydrogens (primary N) is 1. The smallest absolute Gasteiger partial charge is 0.303 e. The molecule has 0 spiro atoms. The summed E-state index contributed by atoms with van der Waals surface area (Å²) < 4.78 is 0. The lowest BCUT2D eigenvalue weighted by Crippen LogP contribution is -2.42. The second-order valence-corrected chi connectivity index (χ2v) is 4.36. The number of nitrogens with one attached hydrogen (secondary N) is 1. The fourth-order valence-corrected chi connectivity index (χ4v) is 2.27. The molecule has 0 aromatic rings. The number of carboxylic acids is 1. The van der Waals surface area contributed by atoms with E-state index in [2.05, 4.69) is 5.32 Å². The predicted molar refractivity (Wildman–Crippen MR) is 54.1 cm³/mol. The van der Waals surface area contributed by atoms with Gasteiger partial charge < -0.3 is 10.8 Å². The molecule has 0 bridgehead atoms. The molecule has 4 N–H and O–H groups in total. The molecule has 80 valence electrons. The van der Waals surface area contributed by atoms with Crippen molar-refractivity contribution in [2.45, 2.75) is 24.3 Å². The number of hydrogen-bond donors (Lipinski definition) is 3. The van der Waals surface area contributed by atoms with Crippen LogP contribution in [0.15, 0.2) is 0 Å². The number of carboxylic acid groups (broad SMARTS) is 1. The van der Waals surface area contributed by atoms with E-state index >= 15 is 0 Å². The number of carbonyl (C=O) groups excluding carboxylic acids is 1. The van der Waals surface area contributed by atoms with E-state index in [0.29, 0.717) is 0 Å². The predicted octanol–water partition coefficient (Wildman–Crippen LogP) is -0.590. The van der Waals surface area contributed by atoms with E-state index in [9.17, 15) is 9.59 Å². The zero-order chi connectivity index (χ0) is 10.6. The molecule has 1 fully saturated rings. The molecule has 1 aliphatic rings. The van der Waals surface area contributed by atoms with Crippen LogP contribution in [-0.2, 0) is 9.59 Å². The standard InChI is InChI=1S/C8H14N2O3S/c9-5(1-2-6(11)12)7(13)8-10-3-4-14-8/h5,8,10H,1-4,9H2,(H,11,12). The van der Waals surface area contributed by atoms with Crippen LogP contribution in [0.5, 0.6) is 0 Å². The van der Waals surface area contributed by atoms with Crippen LogP contribution in [0.3, 0.4) is 0 Å². The Kier molecular flexibility index (Phi) is 4.37. The molecule has 0 aliphatic carbocycles. The number of ketones is 1. The van der Waals surface area contributed by atoms with E-state index in [1.807, 2.05) is 0 Å². The summed E-state index contributed by atoms with van der Waals surface area (Å²) in [5.74, 6) is -0.101. The van der Waals surface area contributed by atoms with E-state index in [4.69, 9.17) is 10.8 Å². The summed E-state index contributed by atoms with van der Waals surface area (Å²) in [4.78, 5) is 21.8. The van der Waals surface area contributed by atoms with Crippen molar-refractivity contribution in [1.29, 1.82) is 0 Å². The van der Waals surface area contributed by atoms with Crippen LogP contribution in [0, 0.1) is 0 Å². The monoisotopic (exact) mass is 218 g/mol. The number of carbonyl (C=O) groups is 2. The molecule has 14 heavy (non-hydrogen) atoms. The van der Waals surface area contributed by atoms with Crippen LogP contribution in [0.4, 0.5) is 0 Å². The number of rotatable bonds is 5. The minimum absolute atomic E-state index is 0.0513. The van der Waals surface area contributed by atoms with Gasteiger partial charge in [-0.2, -0.15) is 0 Å². The maximum atomic E-state index is 11.6. The van der Waals surface area contributed by atoms with Gasteiger partial charge in [0, 0.05) is 18.7 Å². The molecule has 6 heteroatoms. The SMILES string of the molecule is NC(CCC(=O)O)C(=O)C1NCCS1. The largest absolute Gasteiger partial charge is 0.481 e. The Labute approximate surface area is 86.4 Å². The third kappa shape index (κ3) is 3.28. The molecule has 2 atom stereocenters. The van der Waals surface area contributed by atoms with Crippen LogP contribution in [0.25, 0.3) is 0 Å². The molecule has 1 heterocycles. The molecule has 1 aliphatic heterocycles. The first-order chi connectivity index (χ1) is 6.61. The van der Waals surface area contributed by atoms with E-state index in [0.717, 1.165) is 12.3 Å². The molecular weight excluding hydrogens is 204 g/mol. The highest BCUT2D eigenvalue weighted by Gasteiger charge is 2.27. The van der Waals surface area contributed by atoms with Crippen LogP contribution in [0.1, 0.15) is 12.8 Å². The summed E-state index contributed by atoms with van der Waals surface area (Å²) in [6, 6.07) is -0.658. The summed E-state index contributed by atoms with van der Waals surface area (Å²) in [5, 5.41) is 11.2. The fraction of sp³-hybridized carbons (Fsp3) is 0.750. The Hall–Kier alpha value is -0.590. The Bertz CT molecular complexity index is 229. The first-order valence-electron chi connectivity index (χ1n) is 4.47. The highest BCUT2D eigenvalue weighted by atomic mass is 32.2. The van der Waals surface area contributed by atoms with E-state index in [1.54, 1.807) is 0 Å². The van der Waals surface area contributed by atoms with Crippen molar-refractivity contribution in [3.8, 4) is 0 Å². The highest BCUT2D eigenvalue weighted by molar-refractivity contribution is 8.00. The van der Waals surface area contributed by atoms with Crippen LogP contribution < -0.4 is 11.1 Å². The van der Waals surface area contributed by atoms with Crippen molar-refractivity contribution in [2.24, 2.45) is 5.73 Å². The average molecular weight is 218 g/mol. The zero-order valence-electron chi connectivity index (χ0n) is 7.73. The molecule has 1 saturated heterocycles. The molecule has 2 unspecified atom stereocenters. The molecule has 0 saturated carbocycles. The molecule has 0 radical (unpaired) electrons. The molecule has 5 nitrogen and oxygen atoms in total. The van der Waals surface area contributed by atoms with Crippen molar-refractivity contribution in [3.05, 3.63) is 0 Å². The summed E-state index contributed by atoms with van der Waals surface area (Å²) in [5.41, 5.74) is 5.58. The topological polar surface area (TPSA) is 92.4 Å². The van der Waals surface area contributed by atoms with Gasteiger partial charge >= 0.3 is 5.97 Å². The summed E-state index contributed by atoms with van der Waals surface area (Å²) in [6.45, 7) is 0.812. The molecule has 0 aromatic carbocycles. The van der Waals surface area contributed by atoms with Crippen LogP contribution in [0.2, 0.25) is 0 Å². The number of aliphatic carboxylic acids is 1. The Morgan fingerprint density at radius 3 is 2.86 bits per heavy atom. The fourth-order valence-electron chi connectivity index (χ4n) is 1.22. The molecule has 0 amide bonds. The van der Waals surface area contributed by atoms with Gasteiger partial charge in [-0.3, -0.25) is 14.9 Å². The van der Waals surface area contributed by atoms with Crippen molar-refractivity contribution in [2.75, 3.05) is 12.3 Å². The van der Waals surface area contributed by atoms with Crippen molar-refractivity contribution < 1.29 is 14.7 Å². The maximum absolute atomic E-state index is 11.6. The molecule has 0 aromatic heterocycles. The lowest BCUT2D eigenvalue weighted by Gasteiger charge is -2.13. The van der Waals surface area contributed by atoms with E-state index < -0.39 is 12.0 Å². The lowest BCUT2D eigenvalue weighted by molar-refractivity contribution is -0.137. The quantitative estimate of drug-likeness (QED) is 0.571. The third-order valence-corrected chi connectivity index (χ3v) is 3.18. The Balaban J connectivity index is 2.31. The van der Waals surface area contributed by atoms with Crippen LogP contribution in [-0.4, -0.2) is 40.6 Å². The minimum Gasteiger partial charge on any atom is -0.481 e. The molecular formula is C8H14N2O3S. The minimum atomic E-state index is -0.916. The summed E-state index contributed by atoms with van der Waals surface area (Å²) in [7, 11) is 0. The zero-order valence-corrected chi connectivity index (χ0v) is 8.55. The first-order valence-corrected chi connectivity index (χ1v) is 5.52. The van der Waals surface area contributed by atoms with Gasteiger partial charge in [-0.25, -0.2) is 0 Å². The normalized spacial score (nSPS) is 23.4. The second-order valence-electron chi connectivity index (χ2n) is 3.15. The van der Waals surface area contributed by atoms with Gasteiger partial charge in [-0.15, -0.1) is 11.8 Å². The number of Topliss-reactive ketones (excluding diaryl/α,β-unsaturated/α-hetero) is 1. The van der Waals surface area contributed by atoms with Crippen molar-refractivity contribution in [1.82, 2.24) is 5.32 Å². The van der Waals surface area contributed by atoms with Crippen LogP contribution >= 0.6 is 11.8 Å². The highest BCUT2D eigenvalue weighted by Crippen LogP contribution is 2.16. The third-order valence-electron chi connectivity index (χ3n) is 2.01. The van der Waals surface area contributed by atoms with Gasteiger partial charge in [0.05, 0.1) is 6.04 Å².